The van der Waals surface area contributed by atoms with Gasteiger partial charge in [0.2, 0.25) is 0 Å². The smallest absolute Gasteiger partial charge is 0.257 e. The van der Waals surface area contributed by atoms with E-state index in [4.69, 9.17) is 4.84 Å². The molecule has 1 aromatic heterocycles. The summed E-state index contributed by atoms with van der Waals surface area (Å²) >= 11 is 0. The van der Waals surface area contributed by atoms with E-state index in [1.165, 1.54) is 19.2 Å². The van der Waals surface area contributed by atoms with Crippen molar-refractivity contribution in [1.82, 2.24) is 4.98 Å². The number of amides is 1. The number of hydrogen-bond donors (Lipinski definition) is 2. The van der Waals surface area contributed by atoms with Gasteiger partial charge in [-0.1, -0.05) is 17.3 Å². The van der Waals surface area contributed by atoms with Gasteiger partial charge < -0.3 is 15.1 Å². The van der Waals surface area contributed by atoms with Crippen LogP contribution in [0.15, 0.2) is 35.6 Å². The van der Waals surface area contributed by atoms with Gasteiger partial charge in [0.1, 0.15) is 12.9 Å². The quantitative estimate of drug-likeness (QED) is 0.856. The number of hydrogen-bond acceptors (Lipinski definition) is 3. The first-order valence-electron chi connectivity index (χ1n) is 7.07. The number of aryl methyl sites for hydroxylation is 1. The minimum Gasteiger partial charge on any atom is -0.399 e. The standard InChI is InChI=1S/C16H16FN3O2/c1-22-20-14-8-4-7-13-15(14)10(9-18-13)16(21)19-12-6-3-2-5-11(12)17/h2-3,5-6,9,18H,4,7-8H2,1H3,(H,19,21). The third kappa shape index (κ3) is 2.59. The minimum atomic E-state index is -0.467. The van der Waals surface area contributed by atoms with Crippen molar-refractivity contribution in [2.75, 3.05) is 12.4 Å². The molecule has 1 aliphatic carbocycles. The van der Waals surface area contributed by atoms with Gasteiger partial charge in [-0.05, 0) is 31.4 Å². The molecule has 114 valence electrons. The predicted molar refractivity (Wildman–Crippen MR) is 81.6 cm³/mol. The lowest BCUT2D eigenvalue weighted by atomic mass is 9.93. The monoisotopic (exact) mass is 301 g/mol. The van der Waals surface area contributed by atoms with Crippen LogP contribution in [0.25, 0.3) is 0 Å². The van der Waals surface area contributed by atoms with Crippen LogP contribution in [0.4, 0.5) is 10.1 Å². The fourth-order valence-electron chi connectivity index (χ4n) is 2.68. The van der Waals surface area contributed by atoms with E-state index in [1.807, 2.05) is 0 Å². The molecule has 2 aromatic rings. The highest BCUT2D eigenvalue weighted by atomic mass is 19.1. The van der Waals surface area contributed by atoms with Crippen LogP contribution in [-0.4, -0.2) is 23.7 Å². The Balaban J connectivity index is 1.93. The van der Waals surface area contributed by atoms with Gasteiger partial charge in [-0.15, -0.1) is 0 Å². The molecule has 22 heavy (non-hydrogen) atoms. The van der Waals surface area contributed by atoms with Gasteiger partial charge in [-0.3, -0.25) is 4.79 Å². The Morgan fingerprint density at radius 2 is 2.18 bits per heavy atom. The molecule has 1 aliphatic rings. The summed E-state index contributed by atoms with van der Waals surface area (Å²) in [6.07, 6.45) is 4.19. The summed E-state index contributed by atoms with van der Waals surface area (Å²) < 4.78 is 13.7. The molecule has 0 saturated carbocycles. The third-order valence-electron chi connectivity index (χ3n) is 3.66. The number of aromatic amines is 1. The van der Waals surface area contributed by atoms with Crippen LogP contribution in [0.1, 0.15) is 34.5 Å². The maximum Gasteiger partial charge on any atom is 0.257 e. The molecule has 0 fully saturated rings. The van der Waals surface area contributed by atoms with Gasteiger partial charge in [0, 0.05) is 17.5 Å². The van der Waals surface area contributed by atoms with E-state index in [1.54, 1.807) is 18.3 Å². The fourth-order valence-corrected chi connectivity index (χ4v) is 2.68. The third-order valence-corrected chi connectivity index (χ3v) is 3.66. The maximum absolute atomic E-state index is 13.7. The first-order chi connectivity index (χ1) is 10.7. The van der Waals surface area contributed by atoms with Crippen molar-refractivity contribution >= 4 is 17.3 Å². The molecule has 1 aromatic carbocycles. The van der Waals surface area contributed by atoms with Crippen molar-refractivity contribution in [2.24, 2.45) is 5.16 Å². The molecule has 2 N–H and O–H groups in total. The summed E-state index contributed by atoms with van der Waals surface area (Å²) in [4.78, 5) is 20.4. The Kier molecular flexibility index (Phi) is 3.91. The van der Waals surface area contributed by atoms with Crippen molar-refractivity contribution < 1.29 is 14.0 Å². The summed E-state index contributed by atoms with van der Waals surface area (Å²) in [6, 6.07) is 6.08. The molecule has 0 bridgehead atoms. The second-order valence-corrected chi connectivity index (χ2v) is 5.06. The van der Waals surface area contributed by atoms with Crippen molar-refractivity contribution in [3.05, 3.63) is 53.1 Å². The van der Waals surface area contributed by atoms with Crippen molar-refractivity contribution in [3.63, 3.8) is 0 Å². The van der Waals surface area contributed by atoms with Crippen LogP contribution in [0.3, 0.4) is 0 Å². The highest BCUT2D eigenvalue weighted by Crippen LogP contribution is 2.26. The average Bonchev–Trinajstić information content (AvgIpc) is 2.95. The summed E-state index contributed by atoms with van der Waals surface area (Å²) in [6.45, 7) is 0. The zero-order chi connectivity index (χ0) is 15.5. The van der Waals surface area contributed by atoms with E-state index < -0.39 is 5.82 Å². The molecule has 1 heterocycles. The van der Waals surface area contributed by atoms with E-state index in [-0.39, 0.29) is 11.6 Å². The number of nitrogens with one attached hydrogen (secondary N) is 2. The van der Waals surface area contributed by atoms with Crippen molar-refractivity contribution in [1.29, 1.82) is 0 Å². The highest BCUT2D eigenvalue weighted by Gasteiger charge is 2.25. The Hall–Kier alpha value is -2.63. The lowest BCUT2D eigenvalue weighted by Gasteiger charge is -2.15. The number of para-hydroxylation sites is 1. The average molecular weight is 301 g/mol. The Morgan fingerprint density at radius 1 is 1.36 bits per heavy atom. The molecule has 3 rings (SSSR count). The first-order valence-corrected chi connectivity index (χ1v) is 7.07. The molecular weight excluding hydrogens is 285 g/mol. The molecule has 0 unspecified atom stereocenters. The topological polar surface area (TPSA) is 66.5 Å². The first kappa shape index (κ1) is 14.3. The zero-order valence-electron chi connectivity index (χ0n) is 12.1. The maximum atomic E-state index is 13.7. The number of aromatic nitrogens is 1. The molecule has 0 spiro atoms. The minimum absolute atomic E-state index is 0.156. The fraction of sp³-hybridized carbons (Fsp3) is 0.250. The predicted octanol–water partition coefficient (Wildman–Crippen LogP) is 3.09. The van der Waals surface area contributed by atoms with E-state index in [0.717, 1.165) is 36.2 Å². The molecular formula is C16H16FN3O2. The van der Waals surface area contributed by atoms with E-state index in [2.05, 4.69) is 15.5 Å². The largest absolute Gasteiger partial charge is 0.399 e. The number of H-pyrrole nitrogens is 1. The number of carbonyl (C=O) groups is 1. The molecule has 1 amide bonds. The number of nitrogens with zero attached hydrogens (tertiary/aromatic N) is 1. The van der Waals surface area contributed by atoms with Gasteiger partial charge in [0.25, 0.3) is 5.91 Å². The summed E-state index contributed by atoms with van der Waals surface area (Å²) in [5.74, 6) is -0.834. The SMILES string of the molecule is CON=C1CCCc2[nH]cc(C(=O)Nc3ccccc3F)c21. The number of anilines is 1. The second kappa shape index (κ2) is 6.01. The number of oxime groups is 1. The number of rotatable bonds is 3. The van der Waals surface area contributed by atoms with Gasteiger partial charge in [0.05, 0.1) is 17.0 Å². The Morgan fingerprint density at radius 3 is 2.95 bits per heavy atom. The highest BCUT2D eigenvalue weighted by molar-refractivity contribution is 6.15. The zero-order valence-corrected chi connectivity index (χ0v) is 12.1. The van der Waals surface area contributed by atoms with Crippen molar-refractivity contribution in [3.8, 4) is 0 Å². The number of halogens is 1. The number of benzene rings is 1. The molecule has 0 radical (unpaired) electrons. The van der Waals surface area contributed by atoms with Crippen LogP contribution in [-0.2, 0) is 11.3 Å². The Bertz CT molecular complexity index is 737. The molecule has 0 aliphatic heterocycles. The van der Waals surface area contributed by atoms with Gasteiger partial charge >= 0.3 is 0 Å². The molecule has 0 atom stereocenters. The molecule has 6 heteroatoms. The molecule has 0 saturated heterocycles. The summed E-state index contributed by atoms with van der Waals surface area (Å²) in [5, 5.41) is 6.60. The van der Waals surface area contributed by atoms with Crippen LogP contribution in [0, 0.1) is 5.82 Å². The lowest BCUT2D eigenvalue weighted by Crippen LogP contribution is -2.19. The van der Waals surface area contributed by atoms with Gasteiger partial charge in [-0.25, -0.2) is 4.39 Å². The normalized spacial score (nSPS) is 15.5. The van der Waals surface area contributed by atoms with Gasteiger partial charge in [-0.2, -0.15) is 0 Å². The van der Waals surface area contributed by atoms with Crippen molar-refractivity contribution in [2.45, 2.75) is 19.3 Å². The van der Waals surface area contributed by atoms with E-state index in [9.17, 15) is 9.18 Å². The summed E-state index contributed by atoms with van der Waals surface area (Å²) in [7, 11) is 1.48. The van der Waals surface area contributed by atoms with E-state index >= 15 is 0 Å². The van der Waals surface area contributed by atoms with E-state index in [0.29, 0.717) is 5.56 Å². The van der Waals surface area contributed by atoms with Crippen LogP contribution < -0.4 is 5.32 Å². The van der Waals surface area contributed by atoms with Crippen LogP contribution in [0.2, 0.25) is 0 Å². The second-order valence-electron chi connectivity index (χ2n) is 5.06. The summed E-state index contributed by atoms with van der Waals surface area (Å²) in [5.41, 5.74) is 3.07. The number of fused-ring (bicyclic) bond motifs is 1. The van der Waals surface area contributed by atoms with Crippen LogP contribution >= 0.6 is 0 Å². The van der Waals surface area contributed by atoms with Gasteiger partial charge in [0.15, 0.2) is 0 Å². The molecule has 5 nitrogen and oxygen atoms in total. The van der Waals surface area contributed by atoms with Crippen LogP contribution in [0.5, 0.6) is 0 Å². The number of carbonyl (C=O) groups excluding carboxylic acids is 1. The lowest BCUT2D eigenvalue weighted by molar-refractivity contribution is 0.102. The Labute approximate surface area is 127 Å².